The van der Waals surface area contributed by atoms with Gasteiger partial charge >= 0.3 is 0 Å². The third-order valence-electron chi connectivity index (χ3n) is 2.47. The Balaban J connectivity index is 2.03. The Kier molecular flexibility index (Phi) is 3.58. The van der Waals surface area contributed by atoms with E-state index in [9.17, 15) is 0 Å². The molecule has 2 aromatic heterocycles. The average molecular weight is 234 g/mol. The van der Waals surface area contributed by atoms with Crippen molar-refractivity contribution in [3.05, 3.63) is 40.7 Å². The van der Waals surface area contributed by atoms with Crippen LogP contribution in [0.15, 0.2) is 24.5 Å². The Morgan fingerprint density at radius 1 is 1.38 bits per heavy atom. The Morgan fingerprint density at radius 3 is 2.81 bits per heavy atom. The van der Waals surface area contributed by atoms with Crippen LogP contribution >= 0.6 is 11.5 Å². The summed E-state index contributed by atoms with van der Waals surface area (Å²) in [6.07, 6.45) is 5.37. The number of aryl methyl sites for hydroxylation is 1. The van der Waals surface area contributed by atoms with Gasteiger partial charge in [0.25, 0.3) is 0 Å². The molecule has 0 amide bonds. The van der Waals surface area contributed by atoms with E-state index in [1.165, 1.54) is 17.1 Å². The highest BCUT2D eigenvalue weighted by Crippen LogP contribution is 2.16. The average Bonchev–Trinajstić information content (AvgIpc) is 2.83. The van der Waals surface area contributed by atoms with Gasteiger partial charge in [-0.05, 0) is 29.6 Å². The molecule has 2 rings (SSSR count). The first-order chi connectivity index (χ1) is 7.79. The van der Waals surface area contributed by atoms with Gasteiger partial charge in [-0.25, -0.2) is 0 Å². The van der Waals surface area contributed by atoms with Crippen molar-refractivity contribution < 1.29 is 0 Å². The summed E-state index contributed by atoms with van der Waals surface area (Å²) >= 11 is 1.34. The fraction of sp³-hybridized carbons (Fsp3) is 0.364. The van der Waals surface area contributed by atoms with E-state index in [2.05, 4.69) is 27.6 Å². The van der Waals surface area contributed by atoms with Crippen molar-refractivity contribution in [1.29, 1.82) is 0 Å². The van der Waals surface area contributed by atoms with Crippen LogP contribution in [0.4, 0.5) is 0 Å². The topological polar surface area (TPSA) is 64.7 Å². The lowest BCUT2D eigenvalue weighted by atomic mass is 10.1. The molecule has 0 aromatic carbocycles. The normalized spacial score (nSPS) is 12.6. The van der Waals surface area contributed by atoms with Gasteiger partial charge in [0.1, 0.15) is 0 Å². The first kappa shape index (κ1) is 11.2. The van der Waals surface area contributed by atoms with Crippen LogP contribution in [0.3, 0.4) is 0 Å². The van der Waals surface area contributed by atoms with Crippen molar-refractivity contribution in [2.24, 2.45) is 5.73 Å². The molecular formula is C11H14N4S. The summed E-state index contributed by atoms with van der Waals surface area (Å²) in [6, 6.07) is 4.08. The number of nitrogens with two attached hydrogens (primary N) is 1. The zero-order valence-electron chi connectivity index (χ0n) is 9.13. The van der Waals surface area contributed by atoms with E-state index in [1.807, 2.05) is 12.3 Å². The summed E-state index contributed by atoms with van der Waals surface area (Å²) in [5.41, 5.74) is 8.29. The second-order valence-electron chi connectivity index (χ2n) is 3.64. The van der Waals surface area contributed by atoms with Gasteiger partial charge in [-0.1, -0.05) is 17.5 Å². The molecule has 1 atom stereocenters. The highest BCUT2D eigenvalue weighted by molar-refractivity contribution is 7.05. The van der Waals surface area contributed by atoms with Crippen molar-refractivity contribution >= 4 is 11.5 Å². The number of nitrogens with zero attached hydrogens (tertiary/aromatic N) is 3. The van der Waals surface area contributed by atoms with Crippen LogP contribution in [0.25, 0.3) is 0 Å². The molecule has 0 spiro atoms. The van der Waals surface area contributed by atoms with Gasteiger partial charge < -0.3 is 5.73 Å². The predicted octanol–water partition coefficient (Wildman–Crippen LogP) is 1.74. The number of hydrogen-bond donors (Lipinski definition) is 1. The third kappa shape index (κ3) is 2.62. The van der Waals surface area contributed by atoms with E-state index < -0.39 is 0 Å². The Hall–Kier alpha value is -1.33. The molecule has 0 aliphatic rings. The molecule has 16 heavy (non-hydrogen) atoms. The van der Waals surface area contributed by atoms with E-state index in [4.69, 9.17) is 5.73 Å². The lowest BCUT2D eigenvalue weighted by Crippen LogP contribution is -2.12. The first-order valence-corrected chi connectivity index (χ1v) is 6.03. The molecule has 0 saturated heterocycles. The van der Waals surface area contributed by atoms with Crippen LogP contribution in [-0.4, -0.2) is 14.6 Å². The molecule has 0 bridgehead atoms. The molecule has 0 aliphatic heterocycles. The first-order valence-electron chi connectivity index (χ1n) is 5.26. The SMILES string of the molecule is CCc1ccc(CC(N)c2cnns2)nc1. The van der Waals surface area contributed by atoms with E-state index >= 15 is 0 Å². The third-order valence-corrected chi connectivity index (χ3v) is 3.26. The van der Waals surface area contributed by atoms with Crippen LogP contribution < -0.4 is 5.73 Å². The molecule has 2 heterocycles. The zero-order valence-corrected chi connectivity index (χ0v) is 9.94. The minimum Gasteiger partial charge on any atom is -0.323 e. The minimum atomic E-state index is -0.0556. The molecule has 0 radical (unpaired) electrons. The summed E-state index contributed by atoms with van der Waals surface area (Å²) < 4.78 is 3.80. The van der Waals surface area contributed by atoms with Gasteiger partial charge in [0.15, 0.2) is 0 Å². The van der Waals surface area contributed by atoms with Gasteiger partial charge in [-0.2, -0.15) is 0 Å². The van der Waals surface area contributed by atoms with Gasteiger partial charge in [0.05, 0.1) is 11.1 Å². The molecule has 1 unspecified atom stereocenters. The summed E-state index contributed by atoms with van der Waals surface area (Å²) in [7, 11) is 0. The maximum absolute atomic E-state index is 6.03. The van der Waals surface area contributed by atoms with E-state index in [0.717, 1.165) is 23.4 Å². The van der Waals surface area contributed by atoms with Gasteiger partial charge in [0, 0.05) is 24.4 Å². The van der Waals surface area contributed by atoms with Crippen molar-refractivity contribution in [3.63, 3.8) is 0 Å². The minimum absolute atomic E-state index is 0.0556. The van der Waals surface area contributed by atoms with Gasteiger partial charge in [-0.15, -0.1) is 5.10 Å². The molecule has 0 fully saturated rings. The number of rotatable bonds is 4. The molecule has 0 aliphatic carbocycles. The molecule has 0 saturated carbocycles. The van der Waals surface area contributed by atoms with Crippen molar-refractivity contribution in [3.8, 4) is 0 Å². The molecule has 4 nitrogen and oxygen atoms in total. The largest absolute Gasteiger partial charge is 0.323 e. The van der Waals surface area contributed by atoms with E-state index in [-0.39, 0.29) is 6.04 Å². The van der Waals surface area contributed by atoms with Crippen molar-refractivity contribution in [2.45, 2.75) is 25.8 Å². The number of pyridine rings is 1. The lowest BCUT2D eigenvalue weighted by Gasteiger charge is -2.07. The summed E-state index contributed by atoms with van der Waals surface area (Å²) in [5, 5.41) is 3.78. The predicted molar refractivity (Wildman–Crippen MR) is 64.2 cm³/mol. The molecule has 2 N–H and O–H groups in total. The zero-order chi connectivity index (χ0) is 11.4. The number of aromatic nitrogens is 3. The molecule has 84 valence electrons. The van der Waals surface area contributed by atoms with Crippen molar-refractivity contribution in [1.82, 2.24) is 14.6 Å². The van der Waals surface area contributed by atoms with Crippen LogP contribution in [0.1, 0.15) is 29.1 Å². The maximum Gasteiger partial charge on any atom is 0.0669 e. The monoisotopic (exact) mass is 234 g/mol. The van der Waals surface area contributed by atoms with E-state index in [1.54, 1.807) is 6.20 Å². The Bertz CT molecular complexity index is 424. The summed E-state index contributed by atoms with van der Waals surface area (Å²) in [4.78, 5) is 5.38. The molecular weight excluding hydrogens is 220 g/mol. The highest BCUT2D eigenvalue weighted by atomic mass is 32.1. The van der Waals surface area contributed by atoms with Crippen LogP contribution in [0.5, 0.6) is 0 Å². The second-order valence-corrected chi connectivity index (χ2v) is 4.46. The number of hydrogen-bond acceptors (Lipinski definition) is 5. The van der Waals surface area contributed by atoms with Crippen molar-refractivity contribution in [2.75, 3.05) is 0 Å². The van der Waals surface area contributed by atoms with Crippen LogP contribution in [0, 0.1) is 0 Å². The van der Waals surface area contributed by atoms with Gasteiger partial charge in [-0.3, -0.25) is 4.98 Å². The summed E-state index contributed by atoms with van der Waals surface area (Å²) in [6.45, 7) is 2.12. The van der Waals surface area contributed by atoms with E-state index in [0.29, 0.717) is 0 Å². The molecule has 5 heteroatoms. The van der Waals surface area contributed by atoms with Crippen LogP contribution in [0.2, 0.25) is 0 Å². The maximum atomic E-state index is 6.03. The fourth-order valence-electron chi connectivity index (χ4n) is 1.45. The Morgan fingerprint density at radius 2 is 2.25 bits per heavy atom. The molecule has 2 aromatic rings. The van der Waals surface area contributed by atoms with Gasteiger partial charge in [0.2, 0.25) is 0 Å². The highest BCUT2D eigenvalue weighted by Gasteiger charge is 2.10. The summed E-state index contributed by atoms with van der Waals surface area (Å²) in [5.74, 6) is 0. The second kappa shape index (κ2) is 5.14. The quantitative estimate of drug-likeness (QED) is 0.875. The van der Waals surface area contributed by atoms with Crippen LogP contribution in [-0.2, 0) is 12.8 Å². The fourth-order valence-corrected chi connectivity index (χ4v) is 1.95. The standard InChI is InChI=1S/C11H14N4S/c1-2-8-3-4-9(13-6-8)5-10(12)11-7-14-15-16-11/h3-4,6-7,10H,2,5,12H2,1H3. The smallest absolute Gasteiger partial charge is 0.0669 e. The lowest BCUT2D eigenvalue weighted by molar-refractivity contribution is 0.717. The Labute approximate surface area is 98.7 Å².